The minimum atomic E-state index is -0.441. The summed E-state index contributed by atoms with van der Waals surface area (Å²) in [6, 6.07) is 10.5. The SMILES string of the molecule is COc1cc(/C=C2/C(=N)N3C=C(C)SC3=NC2=O)ccc1OCc1ccc(Cl)cc1Cl. The summed E-state index contributed by atoms with van der Waals surface area (Å²) in [6.07, 6.45) is 3.42. The van der Waals surface area contributed by atoms with Crippen molar-refractivity contribution in [3.63, 3.8) is 0 Å². The summed E-state index contributed by atoms with van der Waals surface area (Å²) < 4.78 is 11.3. The number of nitrogens with one attached hydrogen (secondary N) is 1. The minimum Gasteiger partial charge on any atom is -0.493 e. The van der Waals surface area contributed by atoms with Crippen molar-refractivity contribution in [2.24, 2.45) is 4.99 Å². The van der Waals surface area contributed by atoms with Gasteiger partial charge in [0.2, 0.25) is 0 Å². The Bertz CT molecular complexity index is 1190. The number of methoxy groups -OCH3 is 1. The number of benzene rings is 2. The number of aliphatic imine (C=N–C) groups is 1. The van der Waals surface area contributed by atoms with E-state index in [-0.39, 0.29) is 18.0 Å². The number of nitrogens with zero attached hydrogens (tertiary/aromatic N) is 2. The summed E-state index contributed by atoms with van der Waals surface area (Å²) in [6.45, 7) is 2.15. The molecule has 0 saturated carbocycles. The lowest BCUT2D eigenvalue weighted by molar-refractivity contribution is -0.114. The zero-order valence-corrected chi connectivity index (χ0v) is 18.9. The molecule has 9 heteroatoms. The standard InChI is InChI=1S/C22H17Cl2N3O3S/c1-12-10-27-20(25)16(21(28)26-22(27)31-12)7-13-3-6-18(19(8-13)29-2)30-11-14-4-5-15(23)9-17(14)24/h3-10,25H,11H2,1-2H3/b16-7-,25-20?. The van der Waals surface area contributed by atoms with E-state index >= 15 is 0 Å². The van der Waals surface area contributed by atoms with Crippen LogP contribution in [0.3, 0.4) is 0 Å². The fraction of sp³-hybridized carbons (Fsp3) is 0.136. The van der Waals surface area contributed by atoms with Crippen LogP contribution in [0.25, 0.3) is 6.08 Å². The van der Waals surface area contributed by atoms with Crippen molar-refractivity contribution in [2.45, 2.75) is 13.5 Å². The van der Waals surface area contributed by atoms with Gasteiger partial charge in [0, 0.05) is 26.7 Å². The van der Waals surface area contributed by atoms with Gasteiger partial charge >= 0.3 is 0 Å². The van der Waals surface area contributed by atoms with E-state index in [4.69, 9.17) is 38.1 Å². The highest BCUT2D eigenvalue weighted by Gasteiger charge is 2.32. The predicted molar refractivity (Wildman–Crippen MR) is 125 cm³/mol. The summed E-state index contributed by atoms with van der Waals surface area (Å²) in [4.78, 5) is 19.1. The average molecular weight is 474 g/mol. The minimum absolute atomic E-state index is 0.0935. The highest BCUT2D eigenvalue weighted by atomic mass is 35.5. The van der Waals surface area contributed by atoms with Gasteiger partial charge in [-0.1, -0.05) is 47.1 Å². The third-order valence-corrected chi connectivity index (χ3v) is 6.07. The number of hydrogen-bond donors (Lipinski definition) is 1. The van der Waals surface area contributed by atoms with Gasteiger partial charge in [-0.2, -0.15) is 4.99 Å². The molecule has 2 aliphatic rings. The van der Waals surface area contributed by atoms with Crippen molar-refractivity contribution >= 4 is 58.0 Å². The molecule has 4 rings (SSSR count). The molecule has 0 radical (unpaired) electrons. The first-order chi connectivity index (χ1) is 14.9. The smallest absolute Gasteiger partial charge is 0.283 e. The number of ether oxygens (including phenoxy) is 2. The second kappa shape index (κ2) is 8.78. The summed E-state index contributed by atoms with van der Waals surface area (Å²) in [5.41, 5.74) is 1.69. The number of allylic oxidation sites excluding steroid dienone is 1. The molecule has 6 nitrogen and oxygen atoms in total. The van der Waals surface area contributed by atoms with E-state index in [2.05, 4.69) is 4.99 Å². The van der Waals surface area contributed by atoms with Gasteiger partial charge in [-0.15, -0.1) is 0 Å². The molecule has 2 aliphatic heterocycles. The highest BCUT2D eigenvalue weighted by Crippen LogP contribution is 2.34. The van der Waals surface area contributed by atoms with Crippen molar-refractivity contribution in [1.82, 2.24) is 4.90 Å². The Morgan fingerprint density at radius 3 is 2.74 bits per heavy atom. The molecule has 0 aromatic heterocycles. The normalized spacial score (nSPS) is 16.9. The van der Waals surface area contributed by atoms with E-state index in [1.807, 2.05) is 6.92 Å². The van der Waals surface area contributed by atoms with Crippen molar-refractivity contribution in [3.05, 3.63) is 74.2 Å². The molecule has 1 N–H and O–H groups in total. The Balaban J connectivity index is 1.57. The number of thioether (sulfide) groups is 1. The quantitative estimate of drug-likeness (QED) is 0.559. The second-order valence-corrected chi connectivity index (χ2v) is 8.81. The lowest BCUT2D eigenvalue weighted by atomic mass is 10.1. The molecule has 0 atom stereocenters. The number of carbonyl (C=O) groups excluding carboxylic acids is 1. The Morgan fingerprint density at radius 2 is 2.00 bits per heavy atom. The number of amidine groups is 2. The zero-order valence-electron chi connectivity index (χ0n) is 16.6. The van der Waals surface area contributed by atoms with Crippen LogP contribution in [0.15, 0.2) is 58.1 Å². The Kier molecular flexibility index (Phi) is 6.09. The topological polar surface area (TPSA) is 75.0 Å². The molecule has 2 aromatic carbocycles. The lowest BCUT2D eigenvalue weighted by Gasteiger charge is -2.22. The van der Waals surface area contributed by atoms with Crippen LogP contribution < -0.4 is 9.47 Å². The van der Waals surface area contributed by atoms with Gasteiger partial charge in [0.1, 0.15) is 12.4 Å². The number of halogens is 2. The van der Waals surface area contributed by atoms with Crippen LogP contribution in [-0.4, -0.2) is 28.9 Å². The van der Waals surface area contributed by atoms with Gasteiger partial charge in [0.25, 0.3) is 5.91 Å². The van der Waals surface area contributed by atoms with Crippen LogP contribution in [0.4, 0.5) is 0 Å². The van der Waals surface area contributed by atoms with E-state index in [9.17, 15) is 4.79 Å². The van der Waals surface area contributed by atoms with Crippen LogP contribution in [-0.2, 0) is 11.4 Å². The first-order valence-electron chi connectivity index (χ1n) is 9.19. The molecule has 1 amide bonds. The molecule has 0 aliphatic carbocycles. The first kappa shape index (κ1) is 21.5. The summed E-state index contributed by atoms with van der Waals surface area (Å²) in [5, 5.41) is 9.98. The molecule has 2 heterocycles. The molecule has 2 aromatic rings. The maximum absolute atomic E-state index is 12.5. The van der Waals surface area contributed by atoms with E-state index in [1.165, 1.54) is 18.9 Å². The fourth-order valence-corrected chi connectivity index (χ4v) is 4.34. The van der Waals surface area contributed by atoms with Crippen molar-refractivity contribution in [2.75, 3.05) is 7.11 Å². The number of rotatable bonds is 5. The van der Waals surface area contributed by atoms with Crippen LogP contribution in [0.2, 0.25) is 10.0 Å². The number of hydrogen-bond acceptors (Lipinski definition) is 5. The van der Waals surface area contributed by atoms with Crippen molar-refractivity contribution in [1.29, 1.82) is 5.41 Å². The maximum atomic E-state index is 12.5. The van der Waals surface area contributed by atoms with E-state index < -0.39 is 5.91 Å². The summed E-state index contributed by atoms with van der Waals surface area (Å²) in [5.74, 6) is 0.668. The largest absolute Gasteiger partial charge is 0.493 e. The van der Waals surface area contributed by atoms with Crippen LogP contribution >= 0.6 is 35.0 Å². The van der Waals surface area contributed by atoms with Gasteiger partial charge < -0.3 is 9.47 Å². The molecule has 0 spiro atoms. The van der Waals surface area contributed by atoms with Gasteiger partial charge in [-0.25, -0.2) is 0 Å². The monoisotopic (exact) mass is 473 g/mol. The van der Waals surface area contributed by atoms with E-state index in [1.54, 1.807) is 53.6 Å². The van der Waals surface area contributed by atoms with Crippen LogP contribution in [0.5, 0.6) is 11.5 Å². The fourth-order valence-electron chi connectivity index (χ4n) is 3.06. The molecular formula is C22H17Cl2N3O3S. The average Bonchev–Trinajstić information content (AvgIpc) is 3.11. The van der Waals surface area contributed by atoms with Gasteiger partial charge in [-0.05, 0) is 42.8 Å². The van der Waals surface area contributed by atoms with E-state index in [0.29, 0.717) is 32.3 Å². The third-order valence-electron chi connectivity index (χ3n) is 4.59. The highest BCUT2D eigenvalue weighted by molar-refractivity contribution is 8.17. The Morgan fingerprint density at radius 1 is 1.19 bits per heavy atom. The third kappa shape index (κ3) is 4.49. The Labute approximate surface area is 193 Å². The zero-order chi connectivity index (χ0) is 22.1. The summed E-state index contributed by atoms with van der Waals surface area (Å²) >= 11 is 13.5. The summed E-state index contributed by atoms with van der Waals surface area (Å²) in [7, 11) is 1.54. The molecule has 0 fully saturated rings. The maximum Gasteiger partial charge on any atom is 0.283 e. The number of fused-ring (bicyclic) bond motifs is 1. The van der Waals surface area contributed by atoms with Crippen molar-refractivity contribution < 1.29 is 14.3 Å². The molecule has 0 bridgehead atoms. The van der Waals surface area contributed by atoms with Gasteiger partial charge in [-0.3, -0.25) is 15.1 Å². The molecular weight excluding hydrogens is 457 g/mol. The predicted octanol–water partition coefficient (Wildman–Crippen LogP) is 5.75. The molecule has 0 unspecified atom stereocenters. The van der Waals surface area contributed by atoms with Gasteiger partial charge in [0.15, 0.2) is 16.7 Å². The molecule has 0 saturated heterocycles. The van der Waals surface area contributed by atoms with E-state index in [0.717, 1.165) is 10.5 Å². The number of amides is 1. The van der Waals surface area contributed by atoms with Crippen LogP contribution in [0, 0.1) is 5.41 Å². The van der Waals surface area contributed by atoms with Gasteiger partial charge in [0.05, 0.1) is 12.7 Å². The first-order valence-corrected chi connectivity index (χ1v) is 10.8. The second-order valence-electron chi connectivity index (χ2n) is 6.75. The molecule has 31 heavy (non-hydrogen) atoms. The Hall–Kier alpha value is -2.74. The van der Waals surface area contributed by atoms with Crippen molar-refractivity contribution in [3.8, 4) is 11.5 Å². The number of carbonyl (C=O) groups is 1. The van der Waals surface area contributed by atoms with Crippen LogP contribution in [0.1, 0.15) is 18.1 Å². The molecule has 158 valence electrons. The lowest BCUT2D eigenvalue weighted by Crippen LogP contribution is -2.35.